The highest BCUT2D eigenvalue weighted by Gasteiger charge is 2.30. The summed E-state index contributed by atoms with van der Waals surface area (Å²) in [5.74, 6) is -0.281. The van der Waals surface area contributed by atoms with E-state index in [2.05, 4.69) is 5.32 Å². The number of amides is 2. The van der Waals surface area contributed by atoms with E-state index in [1.54, 1.807) is 4.90 Å². The van der Waals surface area contributed by atoms with E-state index in [0.29, 0.717) is 13.1 Å². The minimum atomic E-state index is -0.540. The lowest BCUT2D eigenvalue weighted by Crippen LogP contribution is -2.53. The summed E-state index contributed by atoms with van der Waals surface area (Å²) in [6.45, 7) is 16.1. The van der Waals surface area contributed by atoms with Gasteiger partial charge in [-0.2, -0.15) is 0 Å². The molecule has 1 unspecified atom stereocenters. The topological polar surface area (TPSA) is 84.7 Å². The zero-order chi connectivity index (χ0) is 17.7. The molecule has 22 heavy (non-hydrogen) atoms. The Hall–Kier alpha value is -1.30. The molecule has 0 aromatic heterocycles. The summed E-state index contributed by atoms with van der Waals surface area (Å²) >= 11 is 0. The Labute approximate surface area is 134 Å². The summed E-state index contributed by atoms with van der Waals surface area (Å²) in [5.41, 5.74) is 4.47. The SMILES string of the molecule is CC(C)C(NCCN(C(=O)OC(C)(C)C)C(C)(C)C)C(N)=O. The molecule has 0 spiro atoms. The highest BCUT2D eigenvalue weighted by molar-refractivity contribution is 5.80. The van der Waals surface area contributed by atoms with Gasteiger partial charge in [-0.15, -0.1) is 0 Å². The fraction of sp³-hybridized carbons (Fsp3) is 0.875. The van der Waals surface area contributed by atoms with Gasteiger partial charge in [-0.3, -0.25) is 4.79 Å². The van der Waals surface area contributed by atoms with Crippen LogP contribution in [0.15, 0.2) is 0 Å². The quantitative estimate of drug-likeness (QED) is 0.786. The molecule has 0 saturated heterocycles. The van der Waals surface area contributed by atoms with Crippen molar-refractivity contribution >= 4 is 12.0 Å². The van der Waals surface area contributed by atoms with E-state index in [1.807, 2.05) is 55.4 Å². The third-order valence-corrected chi connectivity index (χ3v) is 3.10. The second kappa shape index (κ2) is 7.81. The lowest BCUT2D eigenvalue weighted by Gasteiger charge is -2.37. The zero-order valence-corrected chi connectivity index (χ0v) is 15.3. The lowest BCUT2D eigenvalue weighted by molar-refractivity contribution is -0.121. The third kappa shape index (κ3) is 7.64. The Bertz CT molecular complexity index is 381. The van der Waals surface area contributed by atoms with Crippen LogP contribution in [0.5, 0.6) is 0 Å². The van der Waals surface area contributed by atoms with Crippen molar-refractivity contribution in [1.82, 2.24) is 10.2 Å². The Morgan fingerprint density at radius 1 is 1.14 bits per heavy atom. The Morgan fingerprint density at radius 3 is 1.95 bits per heavy atom. The minimum absolute atomic E-state index is 0.0992. The van der Waals surface area contributed by atoms with Gasteiger partial charge >= 0.3 is 6.09 Å². The Morgan fingerprint density at radius 2 is 1.64 bits per heavy atom. The molecule has 3 N–H and O–H groups in total. The van der Waals surface area contributed by atoms with Gasteiger partial charge in [0.2, 0.25) is 5.91 Å². The highest BCUT2D eigenvalue weighted by atomic mass is 16.6. The van der Waals surface area contributed by atoms with Gasteiger partial charge < -0.3 is 20.7 Å². The van der Waals surface area contributed by atoms with Gasteiger partial charge in [-0.25, -0.2) is 4.79 Å². The molecule has 0 aliphatic carbocycles. The molecular weight excluding hydrogens is 282 g/mol. The summed E-state index contributed by atoms with van der Waals surface area (Å²) in [6.07, 6.45) is -0.359. The van der Waals surface area contributed by atoms with Crippen molar-refractivity contribution in [2.75, 3.05) is 13.1 Å². The number of carbonyl (C=O) groups excluding carboxylic acids is 2. The number of rotatable bonds is 6. The van der Waals surface area contributed by atoms with Gasteiger partial charge in [0.15, 0.2) is 0 Å². The molecule has 0 fully saturated rings. The van der Waals surface area contributed by atoms with E-state index in [9.17, 15) is 9.59 Å². The van der Waals surface area contributed by atoms with Crippen LogP contribution in [0.3, 0.4) is 0 Å². The van der Waals surface area contributed by atoms with Crippen LogP contribution in [0.4, 0.5) is 4.79 Å². The molecule has 1 atom stereocenters. The van der Waals surface area contributed by atoms with Crippen molar-refractivity contribution in [2.24, 2.45) is 11.7 Å². The fourth-order valence-corrected chi connectivity index (χ4v) is 2.01. The van der Waals surface area contributed by atoms with Crippen molar-refractivity contribution in [3.8, 4) is 0 Å². The number of hydrogen-bond acceptors (Lipinski definition) is 4. The monoisotopic (exact) mass is 315 g/mol. The first-order chi connectivity index (χ1) is 9.75. The van der Waals surface area contributed by atoms with E-state index in [4.69, 9.17) is 10.5 Å². The van der Waals surface area contributed by atoms with Crippen LogP contribution in [-0.2, 0) is 9.53 Å². The van der Waals surface area contributed by atoms with Gasteiger partial charge in [0.1, 0.15) is 5.60 Å². The number of nitrogens with one attached hydrogen (secondary N) is 1. The zero-order valence-electron chi connectivity index (χ0n) is 15.3. The van der Waals surface area contributed by atoms with Crippen LogP contribution in [0, 0.1) is 5.92 Å². The van der Waals surface area contributed by atoms with E-state index in [-0.39, 0.29) is 23.5 Å². The van der Waals surface area contributed by atoms with E-state index < -0.39 is 11.6 Å². The maximum absolute atomic E-state index is 12.3. The van der Waals surface area contributed by atoms with Crippen molar-refractivity contribution in [1.29, 1.82) is 0 Å². The summed E-state index contributed by atoms with van der Waals surface area (Å²) in [7, 11) is 0. The molecule has 0 rings (SSSR count). The van der Waals surface area contributed by atoms with Crippen molar-refractivity contribution in [2.45, 2.75) is 72.6 Å². The Kier molecular flexibility index (Phi) is 7.35. The highest BCUT2D eigenvalue weighted by Crippen LogP contribution is 2.18. The number of nitrogens with zero attached hydrogens (tertiary/aromatic N) is 1. The number of nitrogens with two attached hydrogens (primary N) is 1. The molecule has 2 amide bonds. The summed E-state index contributed by atoms with van der Waals surface area (Å²) in [5, 5.41) is 3.11. The van der Waals surface area contributed by atoms with Gasteiger partial charge in [0, 0.05) is 18.6 Å². The number of carbonyl (C=O) groups is 2. The second-order valence-electron chi connectivity index (χ2n) is 7.88. The molecule has 0 heterocycles. The number of hydrogen-bond donors (Lipinski definition) is 2. The molecule has 0 aromatic rings. The summed E-state index contributed by atoms with van der Waals surface area (Å²) in [4.78, 5) is 25.4. The second-order valence-corrected chi connectivity index (χ2v) is 7.88. The maximum atomic E-state index is 12.3. The average molecular weight is 315 g/mol. The smallest absolute Gasteiger partial charge is 0.410 e. The molecule has 0 bridgehead atoms. The lowest BCUT2D eigenvalue weighted by atomic mass is 10.0. The van der Waals surface area contributed by atoms with Crippen molar-refractivity contribution in [3.63, 3.8) is 0 Å². The maximum Gasteiger partial charge on any atom is 0.410 e. The molecule has 0 aromatic carbocycles. The standard InChI is InChI=1S/C16H33N3O3/c1-11(2)12(13(17)20)18-9-10-19(15(3,4)5)14(21)22-16(6,7)8/h11-12,18H,9-10H2,1-8H3,(H2,17,20). The largest absolute Gasteiger partial charge is 0.444 e. The molecule has 0 aliphatic heterocycles. The van der Waals surface area contributed by atoms with Crippen molar-refractivity contribution in [3.05, 3.63) is 0 Å². The Balaban J connectivity index is 4.76. The van der Waals surface area contributed by atoms with Gasteiger partial charge in [-0.1, -0.05) is 13.8 Å². The molecule has 6 nitrogen and oxygen atoms in total. The molecule has 0 aliphatic rings. The summed E-state index contributed by atoms with van der Waals surface area (Å²) < 4.78 is 5.45. The van der Waals surface area contributed by atoms with Gasteiger partial charge in [0.05, 0.1) is 6.04 Å². The summed E-state index contributed by atoms with van der Waals surface area (Å²) in [6, 6.07) is -0.402. The molecular formula is C16H33N3O3. The van der Waals surface area contributed by atoms with Crippen LogP contribution in [-0.4, -0.2) is 47.2 Å². The number of ether oxygens (including phenoxy) is 1. The van der Waals surface area contributed by atoms with Crippen LogP contribution in [0.25, 0.3) is 0 Å². The fourth-order valence-electron chi connectivity index (χ4n) is 2.01. The average Bonchev–Trinajstić information content (AvgIpc) is 2.22. The number of primary amides is 1. The molecule has 0 radical (unpaired) electrons. The van der Waals surface area contributed by atoms with Crippen molar-refractivity contribution < 1.29 is 14.3 Å². The normalized spacial score (nSPS) is 13.9. The predicted octanol–water partition coefficient (Wildman–Crippen LogP) is 2.12. The minimum Gasteiger partial charge on any atom is -0.444 e. The first kappa shape index (κ1) is 20.7. The van der Waals surface area contributed by atoms with Crippen LogP contribution in [0.1, 0.15) is 55.4 Å². The van der Waals surface area contributed by atoms with Crippen LogP contribution < -0.4 is 11.1 Å². The predicted molar refractivity (Wildman–Crippen MR) is 88.5 cm³/mol. The van der Waals surface area contributed by atoms with Crippen LogP contribution >= 0.6 is 0 Å². The molecule has 6 heteroatoms. The third-order valence-electron chi connectivity index (χ3n) is 3.10. The van der Waals surface area contributed by atoms with E-state index in [1.165, 1.54) is 0 Å². The first-order valence-electron chi connectivity index (χ1n) is 7.79. The van der Waals surface area contributed by atoms with E-state index in [0.717, 1.165) is 0 Å². The van der Waals surface area contributed by atoms with Gasteiger partial charge in [0.25, 0.3) is 0 Å². The van der Waals surface area contributed by atoms with E-state index >= 15 is 0 Å². The van der Waals surface area contributed by atoms with Crippen LogP contribution in [0.2, 0.25) is 0 Å². The molecule has 0 saturated carbocycles. The molecule has 130 valence electrons. The first-order valence-corrected chi connectivity index (χ1v) is 7.79. The van der Waals surface area contributed by atoms with Gasteiger partial charge in [-0.05, 0) is 47.5 Å².